The summed E-state index contributed by atoms with van der Waals surface area (Å²) in [6.07, 6.45) is -1.19. The largest absolute Gasteiger partial charge is 0.504 e. The van der Waals surface area contributed by atoms with Gasteiger partial charge in [0.15, 0.2) is 29.3 Å². The Balaban J connectivity index is 0.00000240. The molecule has 2 aliphatic heterocycles. The van der Waals surface area contributed by atoms with Gasteiger partial charge in [0.05, 0.1) is 20.3 Å². The summed E-state index contributed by atoms with van der Waals surface area (Å²) >= 11 is 0. The van der Waals surface area contributed by atoms with Crippen molar-refractivity contribution in [2.75, 3.05) is 27.8 Å². The summed E-state index contributed by atoms with van der Waals surface area (Å²) in [5.41, 5.74) is 2.47. The molecule has 0 aliphatic carbocycles. The Morgan fingerprint density at radius 2 is 1.62 bits per heavy atom. The molecular weight excluding hydrogens is 378 g/mol. The van der Waals surface area contributed by atoms with Gasteiger partial charge >= 0.3 is 0 Å². The summed E-state index contributed by atoms with van der Waals surface area (Å²) < 4.78 is 16.6. The maximum Gasteiger partial charge on any atom is 0.200 e. The number of benzene rings is 2. The Bertz CT molecular complexity index is 930. The molecule has 158 valence electrons. The van der Waals surface area contributed by atoms with Crippen molar-refractivity contribution in [3.8, 4) is 28.7 Å². The minimum absolute atomic E-state index is 0. The lowest BCUT2D eigenvalue weighted by Crippen LogP contribution is -2.36. The van der Waals surface area contributed by atoms with Crippen LogP contribution >= 0.6 is 0 Å². The first-order valence-corrected chi connectivity index (χ1v) is 8.93. The van der Waals surface area contributed by atoms with Crippen molar-refractivity contribution in [1.29, 1.82) is 0 Å². The third kappa shape index (κ3) is 3.13. The van der Waals surface area contributed by atoms with E-state index in [-0.39, 0.29) is 18.9 Å². The quantitative estimate of drug-likeness (QED) is 0.577. The van der Waals surface area contributed by atoms with Crippen molar-refractivity contribution in [1.82, 2.24) is 4.90 Å². The molecule has 2 unspecified atom stereocenters. The first-order chi connectivity index (χ1) is 13.4. The maximum atomic E-state index is 10.6. The van der Waals surface area contributed by atoms with E-state index in [1.807, 2.05) is 11.9 Å². The van der Waals surface area contributed by atoms with E-state index in [1.165, 1.54) is 20.3 Å². The molecule has 4 N–H and O–H groups in total. The average Bonchev–Trinajstić information content (AvgIpc) is 3.00. The summed E-state index contributed by atoms with van der Waals surface area (Å²) in [6, 6.07) is 4.42. The third-order valence-corrected chi connectivity index (χ3v) is 5.61. The van der Waals surface area contributed by atoms with E-state index < -0.39 is 24.2 Å². The van der Waals surface area contributed by atoms with E-state index in [0.717, 1.165) is 5.56 Å². The van der Waals surface area contributed by atoms with Crippen LogP contribution < -0.4 is 9.47 Å². The highest BCUT2D eigenvalue weighted by atomic mass is 16.6. The molecule has 0 saturated carbocycles. The van der Waals surface area contributed by atoms with Gasteiger partial charge in [0.2, 0.25) is 5.75 Å². The number of ether oxygens (including phenoxy) is 3. The normalized spacial score (nSPS) is 23.1. The molecular formula is C21H27NO7. The minimum atomic E-state index is -1.16. The standard InChI is InChI=1S/C20H23NO7.CH4/c1-21-5-4-9-6-12(22)17(23)18(24)15(9)16(21)19-10-7-13(26-2)14(27-3)8-11(10)20(25)28-19;/h6-8,16,19-20,22-25H,4-5H2,1-3H3;1H4/t16?,19-,20?;/m0./s1. The highest BCUT2D eigenvalue weighted by Crippen LogP contribution is 2.54. The molecule has 0 radical (unpaired) electrons. The van der Waals surface area contributed by atoms with Crippen LogP contribution in [0.4, 0.5) is 0 Å². The fraction of sp³-hybridized carbons (Fsp3) is 0.429. The van der Waals surface area contributed by atoms with Crippen molar-refractivity contribution >= 4 is 0 Å². The highest BCUT2D eigenvalue weighted by Gasteiger charge is 2.43. The van der Waals surface area contributed by atoms with Crippen LogP contribution in [0, 0.1) is 0 Å². The zero-order valence-corrected chi connectivity index (χ0v) is 15.8. The second kappa shape index (κ2) is 7.62. The predicted molar refractivity (Wildman–Crippen MR) is 106 cm³/mol. The Morgan fingerprint density at radius 1 is 1.00 bits per heavy atom. The van der Waals surface area contributed by atoms with Gasteiger partial charge in [-0.15, -0.1) is 0 Å². The molecule has 0 bridgehead atoms. The number of likely N-dealkylation sites (N-methyl/N-ethyl adjacent to an activating group) is 1. The van der Waals surface area contributed by atoms with E-state index in [4.69, 9.17) is 14.2 Å². The molecule has 4 rings (SSSR count). The van der Waals surface area contributed by atoms with Crippen LogP contribution in [0.25, 0.3) is 0 Å². The number of phenolic OH excluding ortho intramolecular Hbond substituents is 3. The molecule has 2 aliphatic rings. The van der Waals surface area contributed by atoms with Crippen LogP contribution in [0.2, 0.25) is 0 Å². The zero-order chi connectivity index (χ0) is 20.2. The number of fused-ring (bicyclic) bond motifs is 2. The summed E-state index contributed by atoms with van der Waals surface area (Å²) in [5, 5.41) is 41.0. The number of rotatable bonds is 3. The Morgan fingerprint density at radius 3 is 2.24 bits per heavy atom. The number of aliphatic hydroxyl groups is 1. The molecule has 2 aromatic carbocycles. The van der Waals surface area contributed by atoms with E-state index >= 15 is 0 Å². The maximum absolute atomic E-state index is 10.6. The number of aromatic hydroxyl groups is 3. The molecule has 0 spiro atoms. The van der Waals surface area contributed by atoms with Crippen LogP contribution in [0.1, 0.15) is 48.1 Å². The number of nitrogens with zero attached hydrogens (tertiary/aromatic N) is 1. The van der Waals surface area contributed by atoms with Gasteiger partial charge in [0, 0.05) is 17.7 Å². The lowest BCUT2D eigenvalue weighted by Gasteiger charge is -2.38. The Labute approximate surface area is 169 Å². The smallest absolute Gasteiger partial charge is 0.200 e. The molecule has 2 heterocycles. The third-order valence-electron chi connectivity index (χ3n) is 5.61. The molecule has 8 nitrogen and oxygen atoms in total. The van der Waals surface area contributed by atoms with Crippen LogP contribution in [0.3, 0.4) is 0 Å². The number of methoxy groups -OCH3 is 2. The lowest BCUT2D eigenvalue weighted by atomic mass is 9.85. The molecule has 0 amide bonds. The van der Waals surface area contributed by atoms with Crippen LogP contribution in [0.5, 0.6) is 28.7 Å². The van der Waals surface area contributed by atoms with Crippen molar-refractivity contribution in [3.63, 3.8) is 0 Å². The zero-order valence-electron chi connectivity index (χ0n) is 15.8. The second-order valence-electron chi connectivity index (χ2n) is 7.09. The predicted octanol–water partition coefficient (Wildman–Crippen LogP) is 2.75. The average molecular weight is 405 g/mol. The second-order valence-corrected chi connectivity index (χ2v) is 7.09. The summed E-state index contributed by atoms with van der Waals surface area (Å²) in [7, 11) is 4.92. The topological polar surface area (TPSA) is 112 Å². The van der Waals surface area contributed by atoms with Gasteiger partial charge in [-0.25, -0.2) is 0 Å². The van der Waals surface area contributed by atoms with Crippen LogP contribution in [-0.4, -0.2) is 53.1 Å². The lowest BCUT2D eigenvalue weighted by molar-refractivity contribution is -0.142. The fourth-order valence-electron chi connectivity index (χ4n) is 4.19. The number of aliphatic hydroxyl groups excluding tert-OH is 1. The molecule has 3 atom stereocenters. The van der Waals surface area contributed by atoms with E-state index in [1.54, 1.807) is 12.1 Å². The van der Waals surface area contributed by atoms with Crippen molar-refractivity contribution in [3.05, 3.63) is 40.5 Å². The van der Waals surface area contributed by atoms with Gasteiger partial charge in [-0.05, 0) is 42.8 Å². The van der Waals surface area contributed by atoms with Gasteiger partial charge < -0.3 is 34.6 Å². The van der Waals surface area contributed by atoms with Crippen molar-refractivity contribution < 1.29 is 34.6 Å². The molecule has 8 heteroatoms. The van der Waals surface area contributed by atoms with Crippen molar-refractivity contribution in [2.45, 2.75) is 32.3 Å². The summed E-state index contributed by atoms with van der Waals surface area (Å²) in [6.45, 7) is 0.653. The summed E-state index contributed by atoms with van der Waals surface area (Å²) in [5.74, 6) is -0.324. The Hall–Kier alpha value is -2.68. The molecule has 0 aromatic heterocycles. The molecule has 0 fully saturated rings. The first kappa shape index (κ1) is 21.0. The van der Waals surface area contributed by atoms with Gasteiger partial charge in [-0.2, -0.15) is 0 Å². The number of hydrogen-bond donors (Lipinski definition) is 4. The van der Waals surface area contributed by atoms with Gasteiger partial charge in [0.1, 0.15) is 6.10 Å². The molecule has 0 saturated heterocycles. The molecule has 29 heavy (non-hydrogen) atoms. The van der Waals surface area contributed by atoms with Gasteiger partial charge in [0.25, 0.3) is 0 Å². The van der Waals surface area contributed by atoms with Crippen LogP contribution in [-0.2, 0) is 11.2 Å². The van der Waals surface area contributed by atoms with E-state index in [2.05, 4.69) is 0 Å². The molecule has 2 aromatic rings. The van der Waals surface area contributed by atoms with Gasteiger partial charge in [-0.1, -0.05) is 7.43 Å². The monoisotopic (exact) mass is 405 g/mol. The van der Waals surface area contributed by atoms with Crippen molar-refractivity contribution in [2.24, 2.45) is 0 Å². The minimum Gasteiger partial charge on any atom is -0.504 e. The first-order valence-electron chi connectivity index (χ1n) is 8.93. The highest BCUT2D eigenvalue weighted by molar-refractivity contribution is 5.60. The van der Waals surface area contributed by atoms with E-state index in [0.29, 0.717) is 41.2 Å². The van der Waals surface area contributed by atoms with Crippen LogP contribution in [0.15, 0.2) is 18.2 Å². The van der Waals surface area contributed by atoms with Gasteiger partial charge in [-0.3, -0.25) is 4.90 Å². The number of hydrogen-bond acceptors (Lipinski definition) is 8. The number of phenols is 3. The SMILES string of the molecule is C.COc1cc2c(cc1OC)[C@@H](C1c3c(cc(O)c(O)c3O)CCN1C)OC2O. The Kier molecular flexibility index (Phi) is 5.53. The summed E-state index contributed by atoms with van der Waals surface area (Å²) in [4.78, 5) is 1.99. The van der Waals surface area contributed by atoms with E-state index in [9.17, 15) is 20.4 Å². The fourth-order valence-corrected chi connectivity index (χ4v) is 4.19.